The third-order valence-corrected chi connectivity index (χ3v) is 5.67. The summed E-state index contributed by atoms with van der Waals surface area (Å²) in [5, 5.41) is 0.987. The molecule has 1 fully saturated rings. The highest BCUT2D eigenvalue weighted by molar-refractivity contribution is 6.04. The summed E-state index contributed by atoms with van der Waals surface area (Å²) in [5.41, 5.74) is 4.51. The molecule has 2 aliphatic heterocycles. The minimum atomic E-state index is -0.139. The van der Waals surface area contributed by atoms with E-state index >= 15 is 0 Å². The minimum Gasteiger partial charge on any atom is -0.463 e. The van der Waals surface area contributed by atoms with E-state index in [2.05, 4.69) is 28.1 Å². The Balaban J connectivity index is 1.44. The molecule has 1 atom stereocenters. The van der Waals surface area contributed by atoms with Gasteiger partial charge < -0.3 is 14.1 Å². The summed E-state index contributed by atoms with van der Waals surface area (Å²) >= 11 is 0. The van der Waals surface area contributed by atoms with E-state index in [0.717, 1.165) is 59.8 Å². The normalized spacial score (nSPS) is 18.0. The molecule has 4 aromatic rings. The summed E-state index contributed by atoms with van der Waals surface area (Å²) in [7, 11) is 0. The number of benzene rings is 2. The number of rotatable bonds is 3. The Hall–Kier alpha value is -3.41. The lowest BCUT2D eigenvalue weighted by atomic mass is 10.1. The van der Waals surface area contributed by atoms with Crippen LogP contribution in [0.15, 0.2) is 57.9 Å². The molecule has 2 aromatic heterocycles. The number of para-hydroxylation sites is 2. The number of furan rings is 1. The summed E-state index contributed by atoms with van der Waals surface area (Å²) in [6.45, 7) is 3.85. The molecule has 6 nitrogen and oxygen atoms in total. The van der Waals surface area contributed by atoms with Gasteiger partial charge in [0.25, 0.3) is 5.88 Å². The first kappa shape index (κ1) is 16.5. The zero-order chi connectivity index (χ0) is 19.4. The van der Waals surface area contributed by atoms with Crippen LogP contribution in [0.5, 0.6) is 5.88 Å². The second-order valence-corrected chi connectivity index (χ2v) is 7.49. The molecule has 0 N–H and O–H groups in total. The second kappa shape index (κ2) is 6.30. The van der Waals surface area contributed by atoms with Gasteiger partial charge in [0.1, 0.15) is 22.8 Å². The van der Waals surface area contributed by atoms with E-state index in [-0.39, 0.29) is 6.10 Å². The average Bonchev–Trinajstić information content (AvgIpc) is 3.33. The molecule has 6 heteroatoms. The second-order valence-electron chi connectivity index (χ2n) is 7.49. The molecular formula is C23H20N4O2. The Morgan fingerprint density at radius 1 is 1.10 bits per heavy atom. The standard InChI is InChI=1S/C23H20N4O2/c1-2-19-25-20-15-8-4-6-10-17(15)28-21(20)23(26-19)29-18-11-12-27-13-14-7-3-5-9-16(14)24-22(18)27/h3-10,18H,2,11-13H2,1H3. The van der Waals surface area contributed by atoms with Gasteiger partial charge in [0.15, 0.2) is 6.10 Å². The van der Waals surface area contributed by atoms with Gasteiger partial charge in [-0.1, -0.05) is 37.3 Å². The summed E-state index contributed by atoms with van der Waals surface area (Å²) < 4.78 is 12.5. The summed E-state index contributed by atoms with van der Waals surface area (Å²) in [4.78, 5) is 16.6. The van der Waals surface area contributed by atoms with Gasteiger partial charge in [-0.2, -0.15) is 4.98 Å². The molecule has 1 unspecified atom stereocenters. The van der Waals surface area contributed by atoms with Gasteiger partial charge in [-0.15, -0.1) is 0 Å². The highest BCUT2D eigenvalue weighted by Crippen LogP contribution is 2.35. The Kier molecular flexibility index (Phi) is 3.59. The number of aromatic nitrogens is 2. The molecule has 4 heterocycles. The van der Waals surface area contributed by atoms with Crippen molar-refractivity contribution < 1.29 is 9.15 Å². The average molecular weight is 384 g/mol. The van der Waals surface area contributed by atoms with Gasteiger partial charge in [-0.3, -0.25) is 0 Å². The Morgan fingerprint density at radius 2 is 1.97 bits per heavy atom. The third-order valence-electron chi connectivity index (χ3n) is 5.67. The zero-order valence-electron chi connectivity index (χ0n) is 16.1. The number of hydrogen-bond acceptors (Lipinski definition) is 6. The van der Waals surface area contributed by atoms with Crippen LogP contribution in [0, 0.1) is 0 Å². The Labute approximate surface area is 167 Å². The van der Waals surface area contributed by atoms with E-state index in [1.165, 1.54) is 5.56 Å². The van der Waals surface area contributed by atoms with Crippen molar-refractivity contribution in [3.8, 4) is 5.88 Å². The first-order valence-corrected chi connectivity index (χ1v) is 10.1. The fraction of sp³-hybridized carbons (Fsp3) is 0.261. The van der Waals surface area contributed by atoms with Crippen molar-refractivity contribution in [3.63, 3.8) is 0 Å². The molecular weight excluding hydrogens is 364 g/mol. The van der Waals surface area contributed by atoms with Gasteiger partial charge in [-0.05, 0) is 23.8 Å². The molecule has 0 radical (unpaired) electrons. The third kappa shape index (κ3) is 2.59. The predicted octanol–water partition coefficient (Wildman–Crippen LogP) is 4.64. The van der Waals surface area contributed by atoms with Gasteiger partial charge in [-0.25, -0.2) is 9.98 Å². The van der Waals surface area contributed by atoms with Crippen LogP contribution in [-0.2, 0) is 13.0 Å². The first-order valence-electron chi connectivity index (χ1n) is 10.1. The van der Waals surface area contributed by atoms with Crippen molar-refractivity contribution in [1.82, 2.24) is 14.9 Å². The number of nitrogens with zero attached hydrogens (tertiary/aromatic N) is 4. The smallest absolute Gasteiger partial charge is 0.262 e. The Morgan fingerprint density at radius 3 is 2.90 bits per heavy atom. The topological polar surface area (TPSA) is 63.8 Å². The largest absolute Gasteiger partial charge is 0.463 e. The fourth-order valence-electron chi connectivity index (χ4n) is 4.20. The Bertz CT molecular complexity index is 1280. The predicted molar refractivity (Wildman–Crippen MR) is 112 cm³/mol. The van der Waals surface area contributed by atoms with Crippen molar-refractivity contribution in [1.29, 1.82) is 0 Å². The minimum absolute atomic E-state index is 0.139. The van der Waals surface area contributed by atoms with E-state index in [1.807, 2.05) is 37.3 Å². The quantitative estimate of drug-likeness (QED) is 0.515. The van der Waals surface area contributed by atoms with Crippen LogP contribution >= 0.6 is 0 Å². The van der Waals surface area contributed by atoms with Crippen LogP contribution in [-0.4, -0.2) is 33.4 Å². The number of aliphatic imine (C=N–C) groups is 1. The van der Waals surface area contributed by atoms with Crippen LogP contribution in [0.25, 0.3) is 22.1 Å². The van der Waals surface area contributed by atoms with E-state index in [4.69, 9.17) is 19.1 Å². The van der Waals surface area contributed by atoms with Crippen LogP contribution in [0.1, 0.15) is 24.7 Å². The zero-order valence-corrected chi connectivity index (χ0v) is 16.1. The molecule has 1 saturated heterocycles. The van der Waals surface area contributed by atoms with Crippen molar-refractivity contribution in [2.45, 2.75) is 32.4 Å². The van der Waals surface area contributed by atoms with E-state index in [0.29, 0.717) is 11.5 Å². The maximum atomic E-state index is 6.43. The molecule has 0 spiro atoms. The SMILES string of the molecule is CCc1nc(OC2CCN3Cc4ccccc4N=C23)c2oc3ccccc3c2n1. The molecule has 0 bridgehead atoms. The number of fused-ring (bicyclic) bond motifs is 5. The number of hydrogen-bond donors (Lipinski definition) is 0. The molecule has 0 amide bonds. The molecule has 2 aromatic carbocycles. The highest BCUT2D eigenvalue weighted by Gasteiger charge is 2.35. The summed E-state index contributed by atoms with van der Waals surface area (Å²) in [5.74, 6) is 2.24. The lowest BCUT2D eigenvalue weighted by Crippen LogP contribution is -2.34. The first-order chi connectivity index (χ1) is 14.3. The molecule has 0 saturated carbocycles. The van der Waals surface area contributed by atoms with Crippen molar-refractivity contribution in [2.75, 3.05) is 6.54 Å². The van der Waals surface area contributed by atoms with Crippen LogP contribution in [0.2, 0.25) is 0 Å². The van der Waals surface area contributed by atoms with Crippen LogP contribution in [0.4, 0.5) is 5.69 Å². The van der Waals surface area contributed by atoms with Crippen molar-refractivity contribution in [2.24, 2.45) is 4.99 Å². The lowest BCUT2D eigenvalue weighted by Gasteiger charge is -2.26. The van der Waals surface area contributed by atoms with E-state index in [9.17, 15) is 0 Å². The van der Waals surface area contributed by atoms with Gasteiger partial charge in [0.2, 0.25) is 5.58 Å². The number of aryl methyl sites for hydroxylation is 1. The monoisotopic (exact) mass is 384 g/mol. The lowest BCUT2D eigenvalue weighted by molar-refractivity contribution is 0.259. The molecule has 0 aliphatic carbocycles. The molecule has 6 rings (SSSR count). The number of amidine groups is 1. The van der Waals surface area contributed by atoms with Crippen molar-refractivity contribution >= 4 is 33.6 Å². The molecule has 29 heavy (non-hydrogen) atoms. The maximum absolute atomic E-state index is 6.43. The molecule has 2 aliphatic rings. The van der Waals surface area contributed by atoms with Gasteiger partial charge >= 0.3 is 0 Å². The number of ether oxygens (including phenoxy) is 1. The molecule has 144 valence electrons. The maximum Gasteiger partial charge on any atom is 0.262 e. The van der Waals surface area contributed by atoms with Crippen molar-refractivity contribution in [3.05, 3.63) is 59.9 Å². The van der Waals surface area contributed by atoms with Crippen LogP contribution < -0.4 is 4.74 Å². The van der Waals surface area contributed by atoms with E-state index < -0.39 is 0 Å². The highest BCUT2D eigenvalue weighted by atomic mass is 16.5. The fourth-order valence-corrected chi connectivity index (χ4v) is 4.20. The van der Waals surface area contributed by atoms with Crippen LogP contribution in [0.3, 0.4) is 0 Å². The summed E-state index contributed by atoms with van der Waals surface area (Å²) in [6.07, 6.45) is 1.47. The van der Waals surface area contributed by atoms with Gasteiger partial charge in [0, 0.05) is 31.3 Å². The van der Waals surface area contributed by atoms with E-state index in [1.54, 1.807) is 0 Å². The summed E-state index contributed by atoms with van der Waals surface area (Å²) in [6, 6.07) is 16.2. The van der Waals surface area contributed by atoms with Gasteiger partial charge in [0.05, 0.1) is 5.69 Å².